The van der Waals surface area contributed by atoms with E-state index in [-0.39, 0.29) is 23.8 Å². The van der Waals surface area contributed by atoms with Gasteiger partial charge in [0.25, 0.3) is 0 Å². The molecule has 5 heteroatoms. The Labute approximate surface area is 95.1 Å². The summed E-state index contributed by atoms with van der Waals surface area (Å²) in [6, 6.07) is 0.125. The standard InChI is InChI=1S/C11H18N2O3/c1-11(2,3)16-10(15)13-5-7-8(6-13)12-4-9(7)14/h7-8,12H,4-6H2,1-3H3. The van der Waals surface area contributed by atoms with Gasteiger partial charge in [-0.3, -0.25) is 4.79 Å². The first-order chi connectivity index (χ1) is 7.37. The van der Waals surface area contributed by atoms with Crippen molar-refractivity contribution in [1.29, 1.82) is 0 Å². The van der Waals surface area contributed by atoms with Crippen LogP contribution in [0.15, 0.2) is 0 Å². The van der Waals surface area contributed by atoms with Crippen LogP contribution in [0.5, 0.6) is 0 Å². The first kappa shape index (κ1) is 11.4. The Morgan fingerprint density at radius 3 is 2.69 bits per heavy atom. The number of likely N-dealkylation sites (tertiary alicyclic amines) is 1. The highest BCUT2D eigenvalue weighted by Crippen LogP contribution is 2.23. The molecule has 2 saturated heterocycles. The Morgan fingerprint density at radius 1 is 1.44 bits per heavy atom. The van der Waals surface area contributed by atoms with Crippen LogP contribution in [0.1, 0.15) is 20.8 Å². The number of hydrogen-bond donors (Lipinski definition) is 1. The molecule has 0 spiro atoms. The van der Waals surface area contributed by atoms with Crippen molar-refractivity contribution in [1.82, 2.24) is 10.2 Å². The van der Waals surface area contributed by atoms with Crippen molar-refractivity contribution in [2.24, 2.45) is 5.92 Å². The van der Waals surface area contributed by atoms with E-state index in [9.17, 15) is 9.59 Å². The van der Waals surface area contributed by atoms with Crippen LogP contribution in [-0.2, 0) is 9.53 Å². The van der Waals surface area contributed by atoms with Gasteiger partial charge in [-0.25, -0.2) is 4.79 Å². The third-order valence-corrected chi connectivity index (χ3v) is 2.92. The van der Waals surface area contributed by atoms with Gasteiger partial charge in [0.1, 0.15) is 5.60 Å². The van der Waals surface area contributed by atoms with Gasteiger partial charge in [-0.05, 0) is 20.8 Å². The molecule has 2 aliphatic heterocycles. The highest BCUT2D eigenvalue weighted by atomic mass is 16.6. The molecule has 2 fully saturated rings. The molecule has 2 aliphatic rings. The van der Waals surface area contributed by atoms with Crippen LogP contribution >= 0.6 is 0 Å². The second kappa shape index (κ2) is 3.73. The number of hydrogen-bond acceptors (Lipinski definition) is 4. The first-order valence-electron chi connectivity index (χ1n) is 5.61. The molecule has 0 radical (unpaired) electrons. The van der Waals surface area contributed by atoms with Crippen molar-refractivity contribution < 1.29 is 14.3 Å². The van der Waals surface area contributed by atoms with Crippen molar-refractivity contribution in [2.45, 2.75) is 32.4 Å². The SMILES string of the molecule is CC(C)(C)OC(=O)N1CC2NCC(=O)C2C1. The maximum absolute atomic E-state index is 11.8. The number of ether oxygens (including phenoxy) is 1. The monoisotopic (exact) mass is 226 g/mol. The van der Waals surface area contributed by atoms with E-state index < -0.39 is 5.60 Å². The first-order valence-corrected chi connectivity index (χ1v) is 5.61. The van der Waals surface area contributed by atoms with Gasteiger partial charge in [0.05, 0.1) is 12.5 Å². The van der Waals surface area contributed by atoms with Crippen LogP contribution in [0.2, 0.25) is 0 Å². The van der Waals surface area contributed by atoms with Crippen molar-refractivity contribution in [3.8, 4) is 0 Å². The minimum atomic E-state index is -0.480. The van der Waals surface area contributed by atoms with E-state index >= 15 is 0 Å². The van der Waals surface area contributed by atoms with E-state index in [1.54, 1.807) is 4.90 Å². The molecule has 2 atom stereocenters. The van der Waals surface area contributed by atoms with Crippen molar-refractivity contribution in [3.05, 3.63) is 0 Å². The van der Waals surface area contributed by atoms with E-state index in [4.69, 9.17) is 4.74 Å². The zero-order valence-corrected chi connectivity index (χ0v) is 9.95. The van der Waals surface area contributed by atoms with Crippen molar-refractivity contribution >= 4 is 11.9 Å². The van der Waals surface area contributed by atoms with Gasteiger partial charge >= 0.3 is 6.09 Å². The number of carbonyl (C=O) groups is 2. The quantitative estimate of drug-likeness (QED) is 0.649. The Balaban J connectivity index is 1.94. The number of amides is 1. The van der Waals surface area contributed by atoms with E-state index in [1.165, 1.54) is 0 Å². The van der Waals surface area contributed by atoms with Gasteiger partial charge in [-0.1, -0.05) is 0 Å². The number of rotatable bonds is 0. The number of fused-ring (bicyclic) bond motifs is 1. The predicted molar refractivity (Wildman–Crippen MR) is 58.1 cm³/mol. The lowest BCUT2D eigenvalue weighted by Gasteiger charge is -2.24. The molecule has 2 rings (SSSR count). The van der Waals surface area contributed by atoms with Crippen molar-refractivity contribution in [3.63, 3.8) is 0 Å². The summed E-state index contributed by atoms with van der Waals surface area (Å²) < 4.78 is 5.27. The fraction of sp³-hybridized carbons (Fsp3) is 0.818. The van der Waals surface area contributed by atoms with Crippen LogP contribution in [0.25, 0.3) is 0 Å². The van der Waals surface area contributed by atoms with Crippen LogP contribution in [0.4, 0.5) is 4.79 Å². The summed E-state index contributed by atoms with van der Waals surface area (Å²) in [5, 5.41) is 3.12. The number of carbonyl (C=O) groups excluding carboxylic acids is 2. The van der Waals surface area contributed by atoms with Crippen LogP contribution < -0.4 is 5.32 Å². The van der Waals surface area contributed by atoms with Gasteiger partial charge < -0.3 is 15.0 Å². The van der Waals surface area contributed by atoms with Gasteiger partial charge in [0.2, 0.25) is 0 Å². The van der Waals surface area contributed by atoms with Crippen LogP contribution in [-0.4, -0.2) is 48.1 Å². The highest BCUT2D eigenvalue weighted by molar-refractivity contribution is 5.87. The second-order valence-corrected chi connectivity index (χ2v) is 5.45. The highest BCUT2D eigenvalue weighted by Gasteiger charge is 2.44. The van der Waals surface area contributed by atoms with Gasteiger partial charge in [-0.2, -0.15) is 0 Å². The van der Waals surface area contributed by atoms with Gasteiger partial charge in [0.15, 0.2) is 5.78 Å². The normalized spacial score (nSPS) is 29.4. The topological polar surface area (TPSA) is 58.6 Å². The Hall–Kier alpha value is -1.10. The average Bonchev–Trinajstić information content (AvgIpc) is 2.65. The maximum Gasteiger partial charge on any atom is 0.410 e. The molecule has 0 aromatic heterocycles. The molecule has 90 valence electrons. The molecule has 0 aromatic rings. The second-order valence-electron chi connectivity index (χ2n) is 5.45. The Kier molecular flexibility index (Phi) is 2.66. The molecule has 5 nitrogen and oxygen atoms in total. The number of Topliss-reactive ketones (excluding diaryl/α,β-unsaturated/α-hetero) is 1. The van der Waals surface area contributed by atoms with Crippen LogP contribution in [0, 0.1) is 5.92 Å². The Morgan fingerprint density at radius 2 is 2.12 bits per heavy atom. The maximum atomic E-state index is 11.8. The largest absolute Gasteiger partial charge is 0.444 e. The molecule has 0 saturated carbocycles. The van der Waals surface area contributed by atoms with Crippen LogP contribution in [0.3, 0.4) is 0 Å². The molecule has 0 aromatic carbocycles. The van der Waals surface area contributed by atoms with E-state index in [0.717, 1.165) is 0 Å². The van der Waals surface area contributed by atoms with Gasteiger partial charge in [0, 0.05) is 19.1 Å². The average molecular weight is 226 g/mol. The summed E-state index contributed by atoms with van der Waals surface area (Å²) in [5.41, 5.74) is -0.480. The molecular weight excluding hydrogens is 208 g/mol. The number of nitrogens with zero attached hydrogens (tertiary/aromatic N) is 1. The molecular formula is C11H18N2O3. The summed E-state index contributed by atoms with van der Waals surface area (Å²) >= 11 is 0. The zero-order valence-electron chi connectivity index (χ0n) is 9.95. The lowest BCUT2D eigenvalue weighted by Crippen LogP contribution is -2.38. The third kappa shape index (κ3) is 2.19. The minimum Gasteiger partial charge on any atom is -0.444 e. The Bertz CT molecular complexity index is 322. The van der Waals surface area contributed by atoms with Gasteiger partial charge in [-0.15, -0.1) is 0 Å². The number of nitrogens with one attached hydrogen (secondary N) is 1. The summed E-state index contributed by atoms with van der Waals surface area (Å²) in [5.74, 6) is 0.170. The smallest absolute Gasteiger partial charge is 0.410 e. The van der Waals surface area contributed by atoms with Crippen molar-refractivity contribution in [2.75, 3.05) is 19.6 Å². The summed E-state index contributed by atoms with van der Waals surface area (Å²) in [4.78, 5) is 24.8. The summed E-state index contributed by atoms with van der Waals surface area (Å²) in [6.45, 7) is 7.02. The number of ketones is 1. The summed E-state index contributed by atoms with van der Waals surface area (Å²) in [6.07, 6.45) is -0.323. The molecule has 16 heavy (non-hydrogen) atoms. The fourth-order valence-electron chi connectivity index (χ4n) is 2.18. The lowest BCUT2D eigenvalue weighted by atomic mass is 10.0. The van der Waals surface area contributed by atoms with E-state index in [1.807, 2.05) is 20.8 Å². The summed E-state index contributed by atoms with van der Waals surface area (Å²) in [7, 11) is 0. The fourth-order valence-corrected chi connectivity index (χ4v) is 2.18. The predicted octanol–water partition coefficient (Wildman–Crippen LogP) is 0.394. The third-order valence-electron chi connectivity index (χ3n) is 2.92. The van der Waals surface area contributed by atoms with E-state index in [0.29, 0.717) is 19.6 Å². The molecule has 0 bridgehead atoms. The molecule has 2 unspecified atom stereocenters. The molecule has 2 heterocycles. The minimum absolute atomic E-state index is 0.0347. The van der Waals surface area contributed by atoms with E-state index in [2.05, 4.69) is 5.32 Å². The zero-order chi connectivity index (χ0) is 11.9. The molecule has 0 aliphatic carbocycles. The molecule has 1 N–H and O–H groups in total. The molecule has 1 amide bonds. The lowest BCUT2D eigenvalue weighted by molar-refractivity contribution is -0.119.